The number of urea groups is 1. The van der Waals surface area contributed by atoms with Gasteiger partial charge in [-0.15, -0.1) is 0 Å². The lowest BCUT2D eigenvalue weighted by atomic mass is 10.0. The van der Waals surface area contributed by atoms with E-state index in [1.807, 2.05) is 25.1 Å². The highest BCUT2D eigenvalue weighted by atomic mass is 79.9. The number of nitrogens with zero attached hydrogens (tertiary/aromatic N) is 2. The van der Waals surface area contributed by atoms with Crippen LogP contribution in [0.25, 0.3) is 16.8 Å². The average Bonchev–Trinajstić information content (AvgIpc) is 2.91. The average molecular weight is 586 g/mol. The van der Waals surface area contributed by atoms with Crippen LogP contribution in [0.15, 0.2) is 88.9 Å². The van der Waals surface area contributed by atoms with Gasteiger partial charge in [-0.3, -0.25) is 25.0 Å². The van der Waals surface area contributed by atoms with Gasteiger partial charge in [0, 0.05) is 17.7 Å². The number of amides is 4. The lowest BCUT2D eigenvalue weighted by Gasteiger charge is -2.26. The van der Waals surface area contributed by atoms with Gasteiger partial charge in [-0.1, -0.05) is 48.5 Å². The first-order chi connectivity index (χ1) is 18.7. The number of non-ortho nitro benzene ring substituents is 1. The van der Waals surface area contributed by atoms with E-state index in [9.17, 15) is 24.5 Å². The van der Waals surface area contributed by atoms with Gasteiger partial charge < -0.3 is 4.74 Å². The molecule has 0 saturated carbocycles. The third-order valence-electron chi connectivity index (χ3n) is 6.31. The summed E-state index contributed by atoms with van der Waals surface area (Å²) in [5.74, 6) is -1.20. The molecular formula is C29H20BrN3O6. The molecule has 4 amide bonds. The maximum absolute atomic E-state index is 13.2. The predicted molar refractivity (Wildman–Crippen MR) is 149 cm³/mol. The minimum Gasteiger partial charge on any atom is -0.488 e. The number of imide groups is 2. The number of benzene rings is 4. The first-order valence-corrected chi connectivity index (χ1v) is 12.6. The van der Waals surface area contributed by atoms with Crippen LogP contribution in [0.3, 0.4) is 0 Å². The van der Waals surface area contributed by atoms with E-state index in [2.05, 4.69) is 39.4 Å². The van der Waals surface area contributed by atoms with Crippen LogP contribution >= 0.6 is 15.9 Å². The maximum Gasteiger partial charge on any atom is 0.335 e. The molecule has 4 aromatic carbocycles. The van der Waals surface area contributed by atoms with Crippen molar-refractivity contribution in [1.29, 1.82) is 0 Å². The number of nitro groups is 1. The lowest BCUT2D eigenvalue weighted by Crippen LogP contribution is -2.54. The Hall–Kier alpha value is -4.83. The number of halogens is 1. The van der Waals surface area contributed by atoms with Crippen molar-refractivity contribution >= 4 is 62.0 Å². The minimum absolute atomic E-state index is 0.0289. The second kappa shape index (κ2) is 10.5. The number of nitro benzene ring substituents is 1. The molecule has 0 atom stereocenters. The summed E-state index contributed by atoms with van der Waals surface area (Å²) in [7, 11) is 0. The van der Waals surface area contributed by atoms with Crippen molar-refractivity contribution in [2.45, 2.75) is 13.5 Å². The Kier molecular flexibility index (Phi) is 6.95. The predicted octanol–water partition coefficient (Wildman–Crippen LogP) is 6.06. The van der Waals surface area contributed by atoms with Gasteiger partial charge in [-0.2, -0.15) is 0 Å². The summed E-state index contributed by atoms with van der Waals surface area (Å²) >= 11 is 3.50. The van der Waals surface area contributed by atoms with E-state index < -0.39 is 22.8 Å². The minimum atomic E-state index is -0.990. The molecule has 1 aliphatic rings. The number of hydrogen-bond acceptors (Lipinski definition) is 6. The smallest absolute Gasteiger partial charge is 0.335 e. The van der Waals surface area contributed by atoms with E-state index >= 15 is 0 Å². The van der Waals surface area contributed by atoms with Crippen LogP contribution in [0.2, 0.25) is 0 Å². The highest BCUT2D eigenvalue weighted by Gasteiger charge is 2.37. The second-order valence-electron chi connectivity index (χ2n) is 8.80. The molecule has 194 valence electrons. The van der Waals surface area contributed by atoms with Crippen LogP contribution in [-0.4, -0.2) is 22.8 Å². The van der Waals surface area contributed by atoms with Crippen LogP contribution in [0.5, 0.6) is 5.75 Å². The highest BCUT2D eigenvalue weighted by molar-refractivity contribution is 9.10. The fraction of sp³-hybridized carbons (Fsp3) is 0.0690. The van der Waals surface area contributed by atoms with Crippen LogP contribution in [0, 0.1) is 17.0 Å². The number of aryl methyl sites for hydroxylation is 1. The highest BCUT2D eigenvalue weighted by Crippen LogP contribution is 2.31. The van der Waals surface area contributed by atoms with Crippen molar-refractivity contribution in [3.63, 3.8) is 0 Å². The van der Waals surface area contributed by atoms with E-state index in [-0.39, 0.29) is 16.9 Å². The van der Waals surface area contributed by atoms with E-state index in [0.717, 1.165) is 28.0 Å². The van der Waals surface area contributed by atoms with Gasteiger partial charge in [-0.25, -0.2) is 9.69 Å². The topological polar surface area (TPSA) is 119 Å². The van der Waals surface area contributed by atoms with E-state index in [0.29, 0.717) is 27.3 Å². The summed E-state index contributed by atoms with van der Waals surface area (Å²) in [4.78, 5) is 49.3. The van der Waals surface area contributed by atoms with Crippen molar-refractivity contribution in [3.8, 4) is 5.75 Å². The molecule has 0 aliphatic carbocycles. The molecular weight excluding hydrogens is 566 g/mol. The Morgan fingerprint density at radius 1 is 1.00 bits per heavy atom. The summed E-state index contributed by atoms with van der Waals surface area (Å²) in [6.07, 6.45) is 1.35. The Labute approximate surface area is 231 Å². The van der Waals surface area contributed by atoms with Crippen molar-refractivity contribution < 1.29 is 24.0 Å². The molecule has 0 radical (unpaired) electrons. The number of fused-ring (bicyclic) bond motifs is 1. The van der Waals surface area contributed by atoms with E-state index in [1.165, 1.54) is 24.3 Å². The molecule has 10 heteroatoms. The summed E-state index contributed by atoms with van der Waals surface area (Å²) in [6, 6.07) is 21.3. The molecule has 0 aromatic heterocycles. The molecule has 5 rings (SSSR count). The quantitative estimate of drug-likeness (QED) is 0.127. The monoisotopic (exact) mass is 585 g/mol. The molecule has 1 saturated heterocycles. The van der Waals surface area contributed by atoms with Crippen LogP contribution in [0.1, 0.15) is 16.7 Å². The fourth-order valence-electron chi connectivity index (χ4n) is 4.31. The number of carbonyl (C=O) groups excluding carboxylic acids is 3. The molecule has 1 heterocycles. The van der Waals surface area contributed by atoms with Crippen molar-refractivity contribution in [1.82, 2.24) is 5.32 Å². The largest absolute Gasteiger partial charge is 0.488 e. The van der Waals surface area contributed by atoms with Gasteiger partial charge in [0.1, 0.15) is 17.9 Å². The molecule has 4 aromatic rings. The molecule has 0 unspecified atom stereocenters. The fourth-order valence-corrected chi connectivity index (χ4v) is 4.83. The first-order valence-electron chi connectivity index (χ1n) is 11.8. The SMILES string of the molecule is Cc1ccc2ccccc2c1COc1ccc(/C=C2\C(=O)NC(=O)N(c3cccc([N+](=O)[O-])c3)C2=O)cc1Br. The summed E-state index contributed by atoms with van der Waals surface area (Å²) < 4.78 is 6.70. The lowest BCUT2D eigenvalue weighted by molar-refractivity contribution is -0.384. The maximum atomic E-state index is 13.2. The van der Waals surface area contributed by atoms with Gasteiger partial charge >= 0.3 is 6.03 Å². The summed E-state index contributed by atoms with van der Waals surface area (Å²) in [6.45, 7) is 2.37. The third kappa shape index (κ3) is 5.14. The first kappa shape index (κ1) is 25.8. The van der Waals surface area contributed by atoms with Gasteiger partial charge in [0.25, 0.3) is 17.5 Å². The standard InChI is InChI=1S/C29H20BrN3O6/c1-17-9-11-19-5-2-3-8-22(19)24(17)16-39-26-12-10-18(14-25(26)30)13-23-27(34)31-29(36)32(28(23)35)20-6-4-7-21(15-20)33(37)38/h2-15H,16H2,1H3,(H,31,34,36)/b23-13+. The number of barbiturate groups is 1. The van der Waals surface area contributed by atoms with Gasteiger partial charge in [0.2, 0.25) is 0 Å². The summed E-state index contributed by atoms with van der Waals surface area (Å²) in [5, 5.41) is 15.5. The Morgan fingerprint density at radius 2 is 1.79 bits per heavy atom. The molecule has 39 heavy (non-hydrogen) atoms. The van der Waals surface area contributed by atoms with Crippen molar-refractivity contribution in [2.24, 2.45) is 0 Å². The zero-order valence-electron chi connectivity index (χ0n) is 20.5. The molecule has 1 fully saturated rings. The number of carbonyl (C=O) groups is 3. The molecule has 9 nitrogen and oxygen atoms in total. The van der Waals surface area contributed by atoms with Crippen LogP contribution in [-0.2, 0) is 16.2 Å². The van der Waals surface area contributed by atoms with Gasteiger partial charge in [0.05, 0.1) is 15.1 Å². The molecule has 0 spiro atoms. The van der Waals surface area contributed by atoms with Crippen molar-refractivity contribution in [3.05, 3.63) is 116 Å². The van der Waals surface area contributed by atoms with Gasteiger partial charge in [-0.05, 0) is 69.0 Å². The normalized spacial score (nSPS) is 14.6. The van der Waals surface area contributed by atoms with Crippen LogP contribution in [0.4, 0.5) is 16.2 Å². The number of hydrogen-bond donors (Lipinski definition) is 1. The zero-order valence-corrected chi connectivity index (χ0v) is 22.1. The number of anilines is 1. The molecule has 0 bridgehead atoms. The number of rotatable bonds is 6. The summed E-state index contributed by atoms with van der Waals surface area (Å²) in [5.41, 5.74) is 2.06. The Bertz CT molecular complexity index is 1710. The molecule has 1 N–H and O–H groups in total. The third-order valence-corrected chi connectivity index (χ3v) is 6.93. The molecule has 1 aliphatic heterocycles. The van der Waals surface area contributed by atoms with E-state index in [1.54, 1.807) is 18.2 Å². The van der Waals surface area contributed by atoms with E-state index in [4.69, 9.17) is 4.74 Å². The second-order valence-corrected chi connectivity index (χ2v) is 9.65. The van der Waals surface area contributed by atoms with Gasteiger partial charge in [0.15, 0.2) is 0 Å². The number of nitrogens with one attached hydrogen (secondary N) is 1. The number of ether oxygens (including phenoxy) is 1. The zero-order chi connectivity index (χ0) is 27.7. The Morgan fingerprint density at radius 3 is 2.56 bits per heavy atom. The van der Waals surface area contributed by atoms with Crippen molar-refractivity contribution in [2.75, 3.05) is 4.90 Å². The Balaban J connectivity index is 1.39. The van der Waals surface area contributed by atoms with Crippen LogP contribution < -0.4 is 15.0 Å².